The van der Waals surface area contributed by atoms with Crippen LogP contribution in [0.15, 0.2) is 18.2 Å². The van der Waals surface area contributed by atoms with E-state index >= 15 is 0 Å². The third-order valence-electron chi connectivity index (χ3n) is 2.40. The Bertz CT molecular complexity index is 386. The van der Waals surface area contributed by atoms with Crippen molar-refractivity contribution >= 4 is 5.91 Å². The van der Waals surface area contributed by atoms with Gasteiger partial charge in [0.15, 0.2) is 0 Å². The molecule has 80 valence electrons. The van der Waals surface area contributed by atoms with Gasteiger partial charge >= 0.3 is 0 Å². The fourth-order valence-electron chi connectivity index (χ4n) is 1.55. The average Bonchev–Trinajstić information content (AvgIpc) is 2.74. The zero-order valence-electron chi connectivity index (χ0n) is 8.50. The molecule has 0 saturated carbocycles. The van der Waals surface area contributed by atoms with Crippen molar-refractivity contribution in [2.75, 3.05) is 13.2 Å². The third kappa shape index (κ3) is 1.85. The molecular formula is C11H12FNO2. The molecule has 1 saturated heterocycles. The van der Waals surface area contributed by atoms with Gasteiger partial charge in [0.2, 0.25) is 0 Å². The minimum Gasteiger partial charge on any atom is -0.271 e. The highest BCUT2D eigenvalue weighted by Crippen LogP contribution is 2.16. The first-order chi connectivity index (χ1) is 7.20. The molecule has 3 nitrogen and oxygen atoms in total. The van der Waals surface area contributed by atoms with E-state index in [2.05, 4.69) is 0 Å². The molecular weight excluding hydrogens is 197 g/mol. The molecule has 0 bridgehead atoms. The highest BCUT2D eigenvalue weighted by atomic mass is 19.1. The van der Waals surface area contributed by atoms with Crippen molar-refractivity contribution in [3.05, 3.63) is 35.1 Å². The van der Waals surface area contributed by atoms with Gasteiger partial charge < -0.3 is 0 Å². The summed E-state index contributed by atoms with van der Waals surface area (Å²) in [5, 5.41) is 1.22. The molecule has 2 rings (SSSR count). The monoisotopic (exact) mass is 209 g/mol. The number of halogens is 1. The Labute approximate surface area is 87.4 Å². The summed E-state index contributed by atoms with van der Waals surface area (Å²) in [4.78, 5) is 16.9. The summed E-state index contributed by atoms with van der Waals surface area (Å²) in [5.74, 6) is -0.855. The molecule has 1 heterocycles. The van der Waals surface area contributed by atoms with Gasteiger partial charge in [-0.1, -0.05) is 12.1 Å². The SMILES string of the molecule is Cc1cccc(C(=O)N2CCCO2)c1F. The Morgan fingerprint density at radius 1 is 1.53 bits per heavy atom. The summed E-state index contributed by atoms with van der Waals surface area (Å²) in [6, 6.07) is 4.78. The number of nitrogens with zero attached hydrogens (tertiary/aromatic N) is 1. The lowest BCUT2D eigenvalue weighted by atomic mass is 10.1. The first-order valence-electron chi connectivity index (χ1n) is 4.90. The van der Waals surface area contributed by atoms with E-state index in [9.17, 15) is 9.18 Å². The first kappa shape index (κ1) is 10.1. The van der Waals surface area contributed by atoms with E-state index in [0.29, 0.717) is 18.7 Å². The second-order valence-electron chi connectivity index (χ2n) is 3.53. The van der Waals surface area contributed by atoms with Crippen LogP contribution in [0, 0.1) is 12.7 Å². The Morgan fingerprint density at radius 2 is 2.33 bits per heavy atom. The molecule has 15 heavy (non-hydrogen) atoms. The zero-order valence-corrected chi connectivity index (χ0v) is 8.50. The van der Waals surface area contributed by atoms with Gasteiger partial charge in [0, 0.05) is 0 Å². The van der Waals surface area contributed by atoms with E-state index in [1.807, 2.05) is 0 Å². The minimum absolute atomic E-state index is 0.0805. The number of aryl methyl sites for hydroxylation is 1. The van der Waals surface area contributed by atoms with Crippen LogP contribution in [0.5, 0.6) is 0 Å². The highest BCUT2D eigenvalue weighted by Gasteiger charge is 2.23. The maximum atomic E-state index is 13.6. The Balaban J connectivity index is 2.28. The maximum Gasteiger partial charge on any atom is 0.280 e. The van der Waals surface area contributed by atoms with Crippen LogP contribution >= 0.6 is 0 Å². The van der Waals surface area contributed by atoms with E-state index in [4.69, 9.17) is 4.84 Å². The van der Waals surface area contributed by atoms with Crippen molar-refractivity contribution in [2.24, 2.45) is 0 Å². The van der Waals surface area contributed by atoms with E-state index in [-0.39, 0.29) is 5.56 Å². The summed E-state index contributed by atoms with van der Waals surface area (Å²) < 4.78 is 13.6. The normalized spacial score (nSPS) is 15.7. The Kier molecular flexibility index (Phi) is 2.68. The number of benzene rings is 1. The number of hydrogen-bond donors (Lipinski definition) is 0. The summed E-state index contributed by atoms with van der Waals surface area (Å²) in [6.45, 7) is 2.70. The largest absolute Gasteiger partial charge is 0.280 e. The zero-order chi connectivity index (χ0) is 10.8. The van der Waals surface area contributed by atoms with E-state index in [1.165, 1.54) is 11.1 Å². The van der Waals surface area contributed by atoms with E-state index in [1.54, 1.807) is 19.1 Å². The van der Waals surface area contributed by atoms with Crippen LogP contribution in [0.2, 0.25) is 0 Å². The lowest BCUT2D eigenvalue weighted by Crippen LogP contribution is -2.27. The van der Waals surface area contributed by atoms with Gasteiger partial charge in [-0.15, -0.1) is 0 Å². The van der Waals surface area contributed by atoms with Gasteiger partial charge in [-0.05, 0) is 25.0 Å². The predicted octanol–water partition coefficient (Wildman–Crippen LogP) is 1.91. The van der Waals surface area contributed by atoms with E-state index in [0.717, 1.165) is 6.42 Å². The molecule has 1 aromatic rings. The molecule has 1 aliphatic rings. The van der Waals surface area contributed by atoms with Crippen LogP contribution in [0.1, 0.15) is 22.3 Å². The maximum absolute atomic E-state index is 13.6. The van der Waals surface area contributed by atoms with Crippen molar-refractivity contribution < 1.29 is 14.0 Å². The predicted molar refractivity (Wildman–Crippen MR) is 52.7 cm³/mol. The first-order valence-corrected chi connectivity index (χ1v) is 4.90. The van der Waals surface area contributed by atoms with Gasteiger partial charge in [0.1, 0.15) is 5.82 Å². The molecule has 1 aliphatic heterocycles. The average molecular weight is 209 g/mol. The van der Waals surface area contributed by atoms with Crippen LogP contribution in [0.25, 0.3) is 0 Å². The fraction of sp³-hybridized carbons (Fsp3) is 0.364. The lowest BCUT2D eigenvalue weighted by Gasteiger charge is -2.14. The molecule has 0 aliphatic carbocycles. The fourth-order valence-corrected chi connectivity index (χ4v) is 1.55. The van der Waals surface area contributed by atoms with Gasteiger partial charge in [-0.2, -0.15) is 0 Å². The van der Waals surface area contributed by atoms with Crippen LogP contribution < -0.4 is 0 Å². The number of hydroxylamine groups is 2. The number of rotatable bonds is 1. The molecule has 1 fully saturated rings. The Morgan fingerprint density at radius 3 is 3.00 bits per heavy atom. The van der Waals surface area contributed by atoms with Gasteiger partial charge in [0.25, 0.3) is 5.91 Å². The minimum atomic E-state index is -0.460. The smallest absolute Gasteiger partial charge is 0.271 e. The van der Waals surface area contributed by atoms with Crippen LogP contribution in [0.3, 0.4) is 0 Å². The number of amides is 1. The molecule has 0 spiro atoms. The third-order valence-corrected chi connectivity index (χ3v) is 2.40. The van der Waals surface area contributed by atoms with Crippen LogP contribution in [-0.2, 0) is 4.84 Å². The van der Waals surface area contributed by atoms with E-state index < -0.39 is 11.7 Å². The van der Waals surface area contributed by atoms with Gasteiger partial charge in [0.05, 0.1) is 18.7 Å². The number of carbonyl (C=O) groups is 1. The van der Waals surface area contributed by atoms with Crippen molar-refractivity contribution in [3.63, 3.8) is 0 Å². The Hall–Kier alpha value is -1.42. The van der Waals surface area contributed by atoms with Crippen molar-refractivity contribution in [3.8, 4) is 0 Å². The van der Waals surface area contributed by atoms with Crippen molar-refractivity contribution in [1.29, 1.82) is 0 Å². The summed E-state index contributed by atoms with van der Waals surface area (Å²) in [5.41, 5.74) is 0.553. The molecule has 4 heteroatoms. The standard InChI is InChI=1S/C11H12FNO2/c1-8-4-2-5-9(10(8)12)11(14)13-6-3-7-15-13/h2,4-5H,3,6-7H2,1H3. The molecule has 0 aromatic heterocycles. The molecule has 0 unspecified atom stereocenters. The van der Waals surface area contributed by atoms with Gasteiger partial charge in [-0.25, -0.2) is 9.45 Å². The lowest BCUT2D eigenvalue weighted by molar-refractivity contribution is -0.0770. The number of hydrogen-bond acceptors (Lipinski definition) is 2. The van der Waals surface area contributed by atoms with Gasteiger partial charge in [-0.3, -0.25) is 9.63 Å². The molecule has 0 N–H and O–H groups in total. The second kappa shape index (κ2) is 3.98. The molecule has 0 atom stereocenters. The summed E-state index contributed by atoms with van der Waals surface area (Å²) in [6.07, 6.45) is 0.805. The second-order valence-corrected chi connectivity index (χ2v) is 3.53. The quantitative estimate of drug-likeness (QED) is 0.707. The highest BCUT2D eigenvalue weighted by molar-refractivity contribution is 5.94. The molecule has 0 radical (unpaired) electrons. The van der Waals surface area contributed by atoms with Crippen LogP contribution in [-0.4, -0.2) is 24.1 Å². The van der Waals surface area contributed by atoms with Crippen molar-refractivity contribution in [2.45, 2.75) is 13.3 Å². The topological polar surface area (TPSA) is 29.5 Å². The molecule has 1 amide bonds. The summed E-state index contributed by atoms with van der Waals surface area (Å²) in [7, 11) is 0. The van der Waals surface area contributed by atoms with Crippen molar-refractivity contribution in [1.82, 2.24) is 5.06 Å². The number of carbonyl (C=O) groups excluding carboxylic acids is 1. The summed E-state index contributed by atoms with van der Waals surface area (Å²) >= 11 is 0. The van der Waals surface area contributed by atoms with Crippen LogP contribution in [0.4, 0.5) is 4.39 Å². The molecule has 1 aromatic carbocycles.